The van der Waals surface area contributed by atoms with Crippen molar-refractivity contribution < 1.29 is 18.3 Å². The molecule has 2 fully saturated rings. The highest BCUT2D eigenvalue weighted by atomic mass is 32.2. The second-order valence-corrected chi connectivity index (χ2v) is 13.3. The van der Waals surface area contributed by atoms with Crippen LogP contribution in [-0.2, 0) is 21.4 Å². The predicted molar refractivity (Wildman–Crippen MR) is 147 cm³/mol. The van der Waals surface area contributed by atoms with Gasteiger partial charge in [-0.1, -0.05) is 44.6 Å². The summed E-state index contributed by atoms with van der Waals surface area (Å²) in [6.07, 6.45) is 18.5. The van der Waals surface area contributed by atoms with Gasteiger partial charge in [0, 0.05) is 37.4 Å². The number of amides is 1. The van der Waals surface area contributed by atoms with Crippen molar-refractivity contribution in [3.05, 3.63) is 36.5 Å². The van der Waals surface area contributed by atoms with E-state index in [4.69, 9.17) is 5.73 Å². The number of pyridine rings is 1. The van der Waals surface area contributed by atoms with Gasteiger partial charge in [-0.3, -0.25) is 9.78 Å². The van der Waals surface area contributed by atoms with Gasteiger partial charge in [0.05, 0.1) is 12.4 Å². The average molecular weight is 536 g/mol. The second-order valence-electron chi connectivity index (χ2n) is 11.3. The lowest BCUT2D eigenvalue weighted by Gasteiger charge is -2.29. The first kappa shape index (κ1) is 30.0. The van der Waals surface area contributed by atoms with Crippen LogP contribution < -0.4 is 5.73 Å². The van der Waals surface area contributed by atoms with E-state index in [1.165, 1.54) is 29.8 Å². The molecule has 1 saturated carbocycles. The third-order valence-electron chi connectivity index (χ3n) is 8.17. The molecular formula is C28H47N4O4S. The molecule has 2 bridgehead atoms. The standard InChI is InChI=1S/C28H47N4O4S/c1-37(35,36)32(21-25-12-10-16-30-20-25)23-26(33)22-31-17-8-4-2-6-11-24-13-15-28(19-24,27(29)34)14-7-3-5-9-18-31/h7,10,12,16,20,24,26,33H,2-6,8-9,11,13-15,17-19,21-23H2,1H3,(H2,29,34)/t24?,26?,28-/m0/s1. The van der Waals surface area contributed by atoms with Crippen LogP contribution in [0.25, 0.3) is 0 Å². The molecule has 2 unspecified atom stereocenters. The summed E-state index contributed by atoms with van der Waals surface area (Å²) in [5.41, 5.74) is 6.32. The predicted octanol–water partition coefficient (Wildman–Crippen LogP) is 3.51. The number of carbonyl (C=O) groups excluding carboxylic acids is 1. The van der Waals surface area contributed by atoms with E-state index < -0.39 is 16.1 Å². The maximum Gasteiger partial charge on any atom is 0.223 e. The zero-order valence-corrected chi connectivity index (χ0v) is 23.4. The Balaban J connectivity index is 1.54. The Bertz CT molecular complexity index is 929. The molecule has 9 heteroatoms. The highest BCUT2D eigenvalue weighted by Crippen LogP contribution is 2.47. The third-order valence-corrected chi connectivity index (χ3v) is 9.39. The smallest absolute Gasteiger partial charge is 0.223 e. The van der Waals surface area contributed by atoms with E-state index in [1.807, 2.05) is 6.07 Å². The maximum atomic E-state index is 12.4. The summed E-state index contributed by atoms with van der Waals surface area (Å²) in [6.45, 7) is 2.50. The number of nitrogens with two attached hydrogens (primary N) is 1. The molecule has 0 spiro atoms. The average Bonchev–Trinajstić information content (AvgIpc) is 3.27. The highest BCUT2D eigenvalue weighted by molar-refractivity contribution is 7.88. The Labute approximate surface area is 224 Å². The Morgan fingerprint density at radius 2 is 1.97 bits per heavy atom. The van der Waals surface area contributed by atoms with Crippen molar-refractivity contribution >= 4 is 15.9 Å². The van der Waals surface area contributed by atoms with Gasteiger partial charge in [-0.15, -0.1) is 0 Å². The summed E-state index contributed by atoms with van der Waals surface area (Å²) < 4.78 is 26.1. The number of rotatable bonds is 8. The molecule has 37 heavy (non-hydrogen) atoms. The Hall–Kier alpha value is -1.55. The highest BCUT2D eigenvalue weighted by Gasteiger charge is 2.43. The minimum Gasteiger partial charge on any atom is -0.390 e. The molecule has 1 aromatic heterocycles. The largest absolute Gasteiger partial charge is 0.390 e. The lowest BCUT2D eigenvalue weighted by atomic mass is 9.79. The van der Waals surface area contributed by atoms with Crippen LogP contribution in [0, 0.1) is 17.8 Å². The topological polar surface area (TPSA) is 117 Å². The van der Waals surface area contributed by atoms with Crippen LogP contribution in [0.5, 0.6) is 0 Å². The van der Waals surface area contributed by atoms with Gasteiger partial charge in [-0.05, 0) is 75.6 Å². The van der Waals surface area contributed by atoms with E-state index in [-0.39, 0.29) is 24.4 Å². The van der Waals surface area contributed by atoms with Gasteiger partial charge in [0.2, 0.25) is 15.9 Å². The monoisotopic (exact) mass is 535 g/mol. The molecule has 3 rings (SSSR count). The molecule has 1 aromatic rings. The minimum atomic E-state index is -3.47. The summed E-state index contributed by atoms with van der Waals surface area (Å²) in [5.74, 6) is 0.490. The van der Waals surface area contributed by atoms with Crippen LogP contribution in [0.1, 0.15) is 82.6 Å². The number of aromatic nitrogens is 1. The van der Waals surface area contributed by atoms with Gasteiger partial charge in [0.25, 0.3) is 0 Å². The first-order valence-electron chi connectivity index (χ1n) is 14.0. The van der Waals surface area contributed by atoms with E-state index >= 15 is 0 Å². The van der Waals surface area contributed by atoms with Crippen LogP contribution >= 0.6 is 0 Å². The molecule has 1 radical (unpaired) electrons. The number of nitrogens with zero attached hydrogens (tertiary/aromatic N) is 3. The number of aliphatic hydroxyl groups excluding tert-OH is 1. The fourth-order valence-corrected chi connectivity index (χ4v) is 6.84. The number of hydrogen-bond acceptors (Lipinski definition) is 6. The molecular weight excluding hydrogens is 488 g/mol. The summed E-state index contributed by atoms with van der Waals surface area (Å²) in [4.78, 5) is 18.6. The molecule has 1 aliphatic heterocycles. The molecule has 0 aromatic carbocycles. The van der Waals surface area contributed by atoms with Crippen molar-refractivity contribution in [1.29, 1.82) is 0 Å². The summed E-state index contributed by atoms with van der Waals surface area (Å²) in [7, 11) is -3.47. The molecule has 1 amide bonds. The lowest BCUT2D eigenvalue weighted by Crippen LogP contribution is -2.42. The molecule has 8 nitrogen and oxygen atoms in total. The second kappa shape index (κ2) is 14.6. The molecule has 2 heterocycles. The number of β-amino-alcohol motifs (C(OH)–C–C–N with tert-alkyl or cyclic N) is 1. The van der Waals surface area contributed by atoms with E-state index in [0.29, 0.717) is 12.5 Å². The van der Waals surface area contributed by atoms with Crippen molar-refractivity contribution in [3.63, 3.8) is 0 Å². The van der Waals surface area contributed by atoms with Gasteiger partial charge in [-0.25, -0.2) is 8.42 Å². The lowest BCUT2D eigenvalue weighted by molar-refractivity contribution is -0.127. The Kier molecular flexibility index (Phi) is 11.8. The van der Waals surface area contributed by atoms with Crippen LogP contribution in [0.3, 0.4) is 0 Å². The quantitative estimate of drug-likeness (QED) is 0.526. The summed E-state index contributed by atoms with van der Waals surface area (Å²) in [6, 6.07) is 3.63. The Morgan fingerprint density at radius 3 is 2.68 bits per heavy atom. The van der Waals surface area contributed by atoms with Crippen molar-refractivity contribution in [3.8, 4) is 0 Å². The van der Waals surface area contributed by atoms with Crippen molar-refractivity contribution in [2.24, 2.45) is 17.1 Å². The summed E-state index contributed by atoms with van der Waals surface area (Å²) >= 11 is 0. The van der Waals surface area contributed by atoms with Gasteiger partial charge < -0.3 is 15.7 Å². The van der Waals surface area contributed by atoms with E-state index in [9.17, 15) is 18.3 Å². The van der Waals surface area contributed by atoms with Crippen molar-refractivity contribution in [2.45, 2.75) is 89.7 Å². The van der Waals surface area contributed by atoms with Gasteiger partial charge in [0.15, 0.2) is 0 Å². The third kappa shape index (κ3) is 9.93. The van der Waals surface area contributed by atoms with Crippen LogP contribution in [-0.4, -0.2) is 72.2 Å². The molecule has 1 aliphatic carbocycles. The Morgan fingerprint density at radius 1 is 1.22 bits per heavy atom. The SMILES string of the molecule is CS(=O)(=O)N(Cc1cccnc1)CC(O)CN1CCCC[CH]C[C@]2(C(N)=O)CCC(CCCCCC1)C2. The zero-order chi connectivity index (χ0) is 26.7. The van der Waals surface area contributed by atoms with Gasteiger partial charge in [-0.2, -0.15) is 4.31 Å². The number of fused-ring (bicyclic) bond motifs is 2. The normalized spacial score (nSPS) is 26.2. The number of primary amides is 1. The number of sulfonamides is 1. The first-order valence-corrected chi connectivity index (χ1v) is 15.9. The number of hydrogen-bond donors (Lipinski definition) is 2. The van der Waals surface area contributed by atoms with Crippen molar-refractivity contribution in [2.75, 3.05) is 32.4 Å². The van der Waals surface area contributed by atoms with E-state index in [1.54, 1.807) is 18.5 Å². The molecule has 3 atom stereocenters. The van der Waals surface area contributed by atoms with Crippen LogP contribution in [0.2, 0.25) is 0 Å². The molecule has 1 saturated heterocycles. The fraction of sp³-hybridized carbons (Fsp3) is 0.750. The number of aliphatic hydroxyl groups is 1. The summed E-state index contributed by atoms with van der Waals surface area (Å²) in [5, 5.41) is 10.9. The van der Waals surface area contributed by atoms with Crippen molar-refractivity contribution in [1.82, 2.24) is 14.2 Å². The van der Waals surface area contributed by atoms with Gasteiger partial charge in [0.1, 0.15) is 0 Å². The van der Waals surface area contributed by atoms with E-state index in [2.05, 4.69) is 16.3 Å². The fourth-order valence-electron chi connectivity index (χ4n) is 6.02. The molecule has 3 N–H and O–H groups in total. The van der Waals surface area contributed by atoms with Gasteiger partial charge >= 0.3 is 0 Å². The first-order chi connectivity index (χ1) is 17.7. The maximum absolute atomic E-state index is 12.4. The minimum absolute atomic E-state index is 0.0641. The molecule has 2 aliphatic rings. The van der Waals surface area contributed by atoms with E-state index in [0.717, 1.165) is 76.4 Å². The van der Waals surface area contributed by atoms with Crippen LogP contribution in [0.4, 0.5) is 0 Å². The molecule has 209 valence electrons. The van der Waals surface area contributed by atoms with Crippen LogP contribution in [0.15, 0.2) is 24.5 Å². The zero-order valence-electron chi connectivity index (χ0n) is 22.6. The number of carbonyl (C=O) groups is 1.